The lowest BCUT2D eigenvalue weighted by Gasteiger charge is -2.26. The van der Waals surface area contributed by atoms with Crippen LogP contribution < -0.4 is 17.0 Å². The van der Waals surface area contributed by atoms with E-state index in [2.05, 4.69) is 15.4 Å². The number of hydrazine groups is 1. The van der Waals surface area contributed by atoms with Crippen LogP contribution >= 0.6 is 0 Å². The maximum atomic E-state index is 12.6. The predicted molar refractivity (Wildman–Crippen MR) is 75.2 cm³/mol. The van der Waals surface area contributed by atoms with Crippen molar-refractivity contribution in [1.29, 1.82) is 0 Å². The van der Waals surface area contributed by atoms with Gasteiger partial charge in [-0.15, -0.1) is 0 Å². The number of rotatable bonds is 6. The van der Waals surface area contributed by atoms with Gasteiger partial charge in [-0.05, 0) is 0 Å². The van der Waals surface area contributed by atoms with E-state index in [-0.39, 0.29) is 17.9 Å². The van der Waals surface area contributed by atoms with Gasteiger partial charge in [-0.1, -0.05) is 30.3 Å². The van der Waals surface area contributed by atoms with E-state index in [4.69, 9.17) is 11.6 Å². The number of nitrogens with one attached hydrogen (secondary N) is 2. The fraction of sp³-hybridized carbons (Fsp3) is 0.154. The summed E-state index contributed by atoms with van der Waals surface area (Å²) in [7, 11) is 0. The number of carboxylic acid groups (broad SMARTS) is 1. The fourth-order valence-electron chi connectivity index (χ4n) is 2.02. The van der Waals surface area contributed by atoms with Crippen LogP contribution in [0.1, 0.15) is 16.1 Å². The number of nitrogens with two attached hydrogens (primary N) is 2. The van der Waals surface area contributed by atoms with Gasteiger partial charge < -0.3 is 15.8 Å². The summed E-state index contributed by atoms with van der Waals surface area (Å²) in [5.41, 5.74) is 6.21. The van der Waals surface area contributed by atoms with E-state index in [0.29, 0.717) is 5.69 Å². The summed E-state index contributed by atoms with van der Waals surface area (Å²) in [6.07, 6.45) is 1.15. The number of aromatic nitrogens is 2. The molecule has 0 saturated carbocycles. The molecule has 1 unspecified atom stereocenters. The molecule has 7 N–H and O–H groups in total. The zero-order valence-corrected chi connectivity index (χ0v) is 11.0. The van der Waals surface area contributed by atoms with Crippen molar-refractivity contribution in [1.82, 2.24) is 15.4 Å². The van der Waals surface area contributed by atoms with Crippen LogP contribution in [-0.2, 0) is 11.2 Å². The molecule has 1 heterocycles. The average molecular weight is 289 g/mol. The second-order valence-corrected chi connectivity index (χ2v) is 4.52. The molecule has 0 radical (unpaired) electrons. The number of H-pyrrole nitrogens is 1. The first-order valence-corrected chi connectivity index (χ1v) is 6.10. The highest BCUT2D eigenvalue weighted by Crippen LogP contribution is 2.19. The van der Waals surface area contributed by atoms with Crippen LogP contribution in [0.5, 0.6) is 0 Å². The molecule has 1 atom stereocenters. The lowest BCUT2D eigenvalue weighted by Crippen LogP contribution is -2.62. The van der Waals surface area contributed by atoms with E-state index in [1.807, 2.05) is 0 Å². The van der Waals surface area contributed by atoms with Gasteiger partial charge in [0.05, 0.1) is 6.20 Å². The standard InChI is InChI=1S/C13H15N5O3/c14-12-16-7-9(17-12)6-13(18-15,11(20)21)10(19)8-4-2-1-3-5-8/h1-5,7,18H,6,15H2,(H,20,21)(H3,14,16,17). The van der Waals surface area contributed by atoms with Gasteiger partial charge in [0.25, 0.3) is 0 Å². The molecular formula is C13H15N5O3. The van der Waals surface area contributed by atoms with E-state index >= 15 is 0 Å². The summed E-state index contributed by atoms with van der Waals surface area (Å²) in [6.45, 7) is 0. The van der Waals surface area contributed by atoms with E-state index in [1.165, 1.54) is 18.3 Å². The zero-order valence-electron chi connectivity index (χ0n) is 11.0. The number of carbonyl (C=O) groups excluding carboxylic acids is 1. The summed E-state index contributed by atoms with van der Waals surface area (Å²) in [5.74, 6) is 3.49. The topological polar surface area (TPSA) is 147 Å². The molecule has 0 fully saturated rings. The van der Waals surface area contributed by atoms with Crippen LogP contribution in [-0.4, -0.2) is 32.4 Å². The van der Waals surface area contributed by atoms with E-state index < -0.39 is 17.3 Å². The largest absolute Gasteiger partial charge is 0.479 e. The van der Waals surface area contributed by atoms with Crippen molar-refractivity contribution in [2.45, 2.75) is 12.0 Å². The van der Waals surface area contributed by atoms with E-state index in [9.17, 15) is 14.7 Å². The first-order chi connectivity index (χ1) is 9.99. The molecule has 1 aromatic carbocycles. The minimum atomic E-state index is -2.00. The molecule has 0 aliphatic carbocycles. The van der Waals surface area contributed by atoms with E-state index in [0.717, 1.165) is 0 Å². The van der Waals surface area contributed by atoms with Crippen molar-refractivity contribution >= 4 is 17.7 Å². The summed E-state index contributed by atoms with van der Waals surface area (Å²) in [5, 5.41) is 9.49. The quantitative estimate of drug-likeness (QED) is 0.212. The highest BCUT2D eigenvalue weighted by Gasteiger charge is 2.46. The van der Waals surface area contributed by atoms with Crippen LogP contribution in [0.15, 0.2) is 36.5 Å². The van der Waals surface area contributed by atoms with Crippen LogP contribution in [0.3, 0.4) is 0 Å². The van der Waals surface area contributed by atoms with Gasteiger partial charge in [-0.25, -0.2) is 15.2 Å². The molecule has 21 heavy (non-hydrogen) atoms. The van der Waals surface area contributed by atoms with Crippen molar-refractivity contribution < 1.29 is 14.7 Å². The number of carboxylic acids is 1. The highest BCUT2D eigenvalue weighted by atomic mass is 16.4. The van der Waals surface area contributed by atoms with Crippen molar-refractivity contribution in [2.24, 2.45) is 5.84 Å². The number of carbonyl (C=O) groups is 2. The Hall–Kier alpha value is -2.71. The number of ketones is 1. The van der Waals surface area contributed by atoms with Crippen LogP contribution in [0, 0.1) is 0 Å². The third-order valence-corrected chi connectivity index (χ3v) is 3.14. The Morgan fingerprint density at radius 2 is 2.00 bits per heavy atom. The minimum Gasteiger partial charge on any atom is -0.479 e. The molecule has 0 aliphatic rings. The van der Waals surface area contributed by atoms with Gasteiger partial charge in [0.15, 0.2) is 17.3 Å². The smallest absolute Gasteiger partial charge is 0.333 e. The number of hydrogen-bond acceptors (Lipinski definition) is 6. The Balaban J connectivity index is 2.41. The summed E-state index contributed by atoms with van der Waals surface area (Å²) in [4.78, 5) is 30.7. The molecule has 0 saturated heterocycles. The Bertz CT molecular complexity index is 655. The number of Topliss-reactive ketones (excluding diaryl/α,β-unsaturated/α-hetero) is 1. The fourth-order valence-corrected chi connectivity index (χ4v) is 2.02. The van der Waals surface area contributed by atoms with Crippen molar-refractivity contribution in [3.8, 4) is 0 Å². The lowest BCUT2D eigenvalue weighted by atomic mass is 9.85. The zero-order chi connectivity index (χ0) is 15.5. The molecule has 1 aromatic heterocycles. The normalized spacial score (nSPS) is 13.6. The van der Waals surface area contributed by atoms with Crippen molar-refractivity contribution in [3.05, 3.63) is 47.8 Å². The Morgan fingerprint density at radius 3 is 2.48 bits per heavy atom. The molecule has 8 nitrogen and oxygen atoms in total. The van der Waals surface area contributed by atoms with Gasteiger partial charge in [0.2, 0.25) is 0 Å². The Kier molecular flexibility index (Phi) is 4.01. The summed E-state index contributed by atoms with van der Waals surface area (Å²) < 4.78 is 0. The second kappa shape index (κ2) is 5.73. The molecule has 110 valence electrons. The number of anilines is 1. The molecular weight excluding hydrogens is 274 g/mol. The minimum absolute atomic E-state index is 0.133. The Morgan fingerprint density at radius 1 is 1.33 bits per heavy atom. The highest BCUT2D eigenvalue weighted by molar-refractivity contribution is 6.16. The molecule has 8 heteroatoms. The number of benzene rings is 1. The SMILES string of the molecule is NNC(Cc1cnc(N)[nH]1)(C(=O)O)C(=O)c1ccccc1. The van der Waals surface area contributed by atoms with Gasteiger partial charge in [-0.3, -0.25) is 10.6 Å². The first kappa shape index (κ1) is 14.7. The molecule has 0 aliphatic heterocycles. The summed E-state index contributed by atoms with van der Waals surface area (Å²) >= 11 is 0. The van der Waals surface area contributed by atoms with Gasteiger partial charge in [-0.2, -0.15) is 0 Å². The lowest BCUT2D eigenvalue weighted by molar-refractivity contribution is -0.142. The molecule has 2 aromatic rings. The number of aromatic amines is 1. The monoisotopic (exact) mass is 289 g/mol. The molecule has 0 spiro atoms. The predicted octanol–water partition coefficient (Wildman–Crippen LogP) is -0.296. The number of aliphatic carboxylic acids is 1. The first-order valence-electron chi connectivity index (χ1n) is 6.10. The molecule has 2 rings (SSSR count). The van der Waals surface area contributed by atoms with Crippen LogP contribution in [0.25, 0.3) is 0 Å². The molecule has 0 amide bonds. The van der Waals surface area contributed by atoms with Crippen molar-refractivity contribution in [3.63, 3.8) is 0 Å². The Labute approximate surface area is 120 Å². The third kappa shape index (κ3) is 2.76. The molecule has 0 bridgehead atoms. The van der Waals surface area contributed by atoms with Gasteiger partial charge in [0, 0.05) is 17.7 Å². The van der Waals surface area contributed by atoms with E-state index in [1.54, 1.807) is 18.2 Å². The van der Waals surface area contributed by atoms with Crippen LogP contribution in [0.2, 0.25) is 0 Å². The average Bonchev–Trinajstić information content (AvgIpc) is 2.90. The number of hydrogen-bond donors (Lipinski definition) is 5. The van der Waals surface area contributed by atoms with Gasteiger partial charge >= 0.3 is 5.97 Å². The number of imidazole rings is 1. The maximum absolute atomic E-state index is 12.6. The summed E-state index contributed by atoms with van der Waals surface area (Å²) in [6, 6.07) is 8.07. The van der Waals surface area contributed by atoms with Crippen LogP contribution in [0.4, 0.5) is 5.95 Å². The number of nitrogen functional groups attached to an aromatic ring is 1. The van der Waals surface area contributed by atoms with Gasteiger partial charge in [0.1, 0.15) is 0 Å². The second-order valence-electron chi connectivity index (χ2n) is 4.52. The maximum Gasteiger partial charge on any atom is 0.333 e. The van der Waals surface area contributed by atoms with Crippen molar-refractivity contribution in [2.75, 3.05) is 5.73 Å². The third-order valence-electron chi connectivity index (χ3n) is 3.14. The number of nitrogens with zero attached hydrogens (tertiary/aromatic N) is 1.